The van der Waals surface area contributed by atoms with Crippen molar-refractivity contribution >= 4 is 5.91 Å². The van der Waals surface area contributed by atoms with E-state index in [1.165, 1.54) is 12.8 Å². The monoisotopic (exact) mass is 339 g/mol. The third-order valence-electron chi connectivity index (χ3n) is 5.84. The molecule has 0 saturated carbocycles. The first kappa shape index (κ1) is 19.7. The van der Waals surface area contributed by atoms with Gasteiger partial charge in [0, 0.05) is 26.1 Å². The lowest BCUT2D eigenvalue weighted by atomic mass is 9.84. The second-order valence-electron chi connectivity index (χ2n) is 7.42. The first-order valence-electron chi connectivity index (χ1n) is 9.96. The molecule has 2 unspecified atom stereocenters. The average Bonchev–Trinajstić information content (AvgIpc) is 3.08. The van der Waals surface area contributed by atoms with E-state index in [1.807, 2.05) is 4.90 Å². The third-order valence-corrected chi connectivity index (χ3v) is 5.84. The van der Waals surface area contributed by atoms with Crippen molar-refractivity contribution in [1.29, 1.82) is 0 Å². The van der Waals surface area contributed by atoms with Crippen LogP contribution in [-0.2, 0) is 9.53 Å². The lowest BCUT2D eigenvalue weighted by molar-refractivity contribution is -0.132. The van der Waals surface area contributed by atoms with Crippen LogP contribution in [-0.4, -0.2) is 74.2 Å². The SMILES string of the molecule is CCN(CC)CCOC1CCN(C(=O)CC(C)C2CCNCC2)C1. The Morgan fingerprint density at radius 1 is 1.25 bits per heavy atom. The molecular formula is C19H37N3O2. The van der Waals surface area contributed by atoms with E-state index in [1.54, 1.807) is 0 Å². The minimum atomic E-state index is 0.235. The number of likely N-dealkylation sites (N-methyl/N-ethyl adjacent to an activating group) is 1. The minimum Gasteiger partial charge on any atom is -0.375 e. The maximum atomic E-state index is 12.6. The smallest absolute Gasteiger partial charge is 0.222 e. The Labute approximate surface area is 148 Å². The fourth-order valence-corrected chi connectivity index (χ4v) is 3.96. The van der Waals surface area contributed by atoms with Crippen LogP contribution >= 0.6 is 0 Å². The zero-order valence-corrected chi connectivity index (χ0v) is 15.9. The number of carbonyl (C=O) groups excluding carboxylic acids is 1. The lowest BCUT2D eigenvalue weighted by Crippen LogP contribution is -2.35. The molecule has 2 saturated heterocycles. The van der Waals surface area contributed by atoms with Gasteiger partial charge in [0.15, 0.2) is 0 Å². The van der Waals surface area contributed by atoms with Crippen molar-refractivity contribution in [2.75, 3.05) is 52.4 Å². The second-order valence-corrected chi connectivity index (χ2v) is 7.42. The Hall–Kier alpha value is -0.650. The van der Waals surface area contributed by atoms with Crippen molar-refractivity contribution in [1.82, 2.24) is 15.1 Å². The first-order valence-corrected chi connectivity index (χ1v) is 9.96. The van der Waals surface area contributed by atoms with Crippen molar-refractivity contribution in [3.63, 3.8) is 0 Å². The van der Waals surface area contributed by atoms with E-state index in [-0.39, 0.29) is 6.10 Å². The molecule has 0 aromatic heterocycles. The topological polar surface area (TPSA) is 44.8 Å². The van der Waals surface area contributed by atoms with Crippen LogP contribution < -0.4 is 5.32 Å². The second kappa shape index (κ2) is 10.4. The standard InChI is InChI=1S/C19H37N3O2/c1-4-21(5-2)12-13-24-18-8-11-22(15-18)19(23)14-16(3)17-6-9-20-10-7-17/h16-18,20H,4-15H2,1-3H3. The number of likely N-dealkylation sites (tertiary alicyclic amines) is 1. The molecule has 5 nitrogen and oxygen atoms in total. The van der Waals surface area contributed by atoms with Crippen LogP contribution in [0.5, 0.6) is 0 Å². The summed E-state index contributed by atoms with van der Waals surface area (Å²) in [6, 6.07) is 0. The highest BCUT2D eigenvalue weighted by Gasteiger charge is 2.29. The van der Waals surface area contributed by atoms with Crippen molar-refractivity contribution in [2.45, 2.75) is 52.6 Å². The van der Waals surface area contributed by atoms with Crippen LogP contribution in [0.1, 0.15) is 46.5 Å². The molecule has 2 aliphatic heterocycles. The fraction of sp³-hybridized carbons (Fsp3) is 0.947. The van der Waals surface area contributed by atoms with Gasteiger partial charge in [0.2, 0.25) is 5.91 Å². The van der Waals surface area contributed by atoms with Crippen LogP contribution in [0, 0.1) is 11.8 Å². The number of hydrogen-bond donors (Lipinski definition) is 1. The molecule has 0 aromatic rings. The first-order chi connectivity index (χ1) is 11.6. The minimum absolute atomic E-state index is 0.235. The summed E-state index contributed by atoms with van der Waals surface area (Å²) >= 11 is 0. The van der Waals surface area contributed by atoms with E-state index in [9.17, 15) is 4.79 Å². The average molecular weight is 340 g/mol. The summed E-state index contributed by atoms with van der Waals surface area (Å²) in [5.41, 5.74) is 0. The van der Waals surface area contributed by atoms with E-state index < -0.39 is 0 Å². The number of carbonyl (C=O) groups is 1. The van der Waals surface area contributed by atoms with Crippen LogP contribution in [0.3, 0.4) is 0 Å². The molecule has 0 radical (unpaired) electrons. The Bertz CT molecular complexity index is 368. The fourth-order valence-electron chi connectivity index (χ4n) is 3.96. The molecule has 0 aromatic carbocycles. The summed E-state index contributed by atoms with van der Waals surface area (Å²) < 4.78 is 5.99. The summed E-state index contributed by atoms with van der Waals surface area (Å²) in [6.07, 6.45) is 4.36. The van der Waals surface area contributed by atoms with Gasteiger partial charge < -0.3 is 19.9 Å². The van der Waals surface area contributed by atoms with E-state index in [0.29, 0.717) is 24.2 Å². The lowest BCUT2D eigenvalue weighted by Gasteiger charge is -2.29. The van der Waals surface area contributed by atoms with Crippen molar-refractivity contribution in [3.05, 3.63) is 0 Å². The third kappa shape index (κ3) is 6.01. The molecule has 0 bridgehead atoms. The van der Waals surface area contributed by atoms with E-state index in [2.05, 4.69) is 31.0 Å². The van der Waals surface area contributed by atoms with Gasteiger partial charge in [-0.15, -0.1) is 0 Å². The summed E-state index contributed by atoms with van der Waals surface area (Å²) in [5.74, 6) is 1.54. The predicted octanol–water partition coefficient (Wildman–Crippen LogP) is 1.97. The number of rotatable bonds is 9. The molecule has 2 atom stereocenters. The Balaban J connectivity index is 1.65. The van der Waals surface area contributed by atoms with Gasteiger partial charge in [-0.2, -0.15) is 0 Å². The van der Waals surface area contributed by atoms with E-state index in [4.69, 9.17) is 4.74 Å². The maximum Gasteiger partial charge on any atom is 0.222 e. The van der Waals surface area contributed by atoms with Gasteiger partial charge in [-0.3, -0.25) is 4.79 Å². The molecule has 0 aliphatic carbocycles. The number of amides is 1. The molecule has 2 rings (SSSR count). The quantitative estimate of drug-likeness (QED) is 0.698. The van der Waals surface area contributed by atoms with Crippen LogP contribution in [0.15, 0.2) is 0 Å². The summed E-state index contributed by atoms with van der Waals surface area (Å²) in [6.45, 7) is 14.4. The summed E-state index contributed by atoms with van der Waals surface area (Å²) in [4.78, 5) is 17.0. The number of piperidine rings is 1. The Morgan fingerprint density at radius 3 is 2.62 bits per heavy atom. The molecule has 5 heteroatoms. The molecule has 2 heterocycles. The van der Waals surface area contributed by atoms with Crippen molar-refractivity contribution < 1.29 is 9.53 Å². The van der Waals surface area contributed by atoms with E-state index >= 15 is 0 Å². The summed E-state index contributed by atoms with van der Waals surface area (Å²) in [7, 11) is 0. The largest absolute Gasteiger partial charge is 0.375 e. The van der Waals surface area contributed by atoms with Gasteiger partial charge >= 0.3 is 0 Å². The van der Waals surface area contributed by atoms with Gasteiger partial charge in [-0.05, 0) is 57.3 Å². The van der Waals surface area contributed by atoms with Crippen LogP contribution in [0.25, 0.3) is 0 Å². The highest BCUT2D eigenvalue weighted by molar-refractivity contribution is 5.76. The molecule has 2 aliphatic rings. The number of ether oxygens (including phenoxy) is 1. The van der Waals surface area contributed by atoms with Gasteiger partial charge in [0.1, 0.15) is 0 Å². The Morgan fingerprint density at radius 2 is 1.96 bits per heavy atom. The molecule has 140 valence electrons. The molecule has 1 amide bonds. The van der Waals surface area contributed by atoms with Crippen molar-refractivity contribution in [3.8, 4) is 0 Å². The molecular weight excluding hydrogens is 302 g/mol. The maximum absolute atomic E-state index is 12.6. The van der Waals surface area contributed by atoms with Crippen LogP contribution in [0.4, 0.5) is 0 Å². The highest BCUT2D eigenvalue weighted by atomic mass is 16.5. The van der Waals surface area contributed by atoms with Gasteiger partial charge in [-0.1, -0.05) is 20.8 Å². The van der Waals surface area contributed by atoms with Crippen LogP contribution in [0.2, 0.25) is 0 Å². The number of nitrogens with one attached hydrogen (secondary N) is 1. The summed E-state index contributed by atoms with van der Waals surface area (Å²) in [5, 5.41) is 3.40. The Kier molecular flexibility index (Phi) is 8.50. The van der Waals surface area contributed by atoms with Gasteiger partial charge in [-0.25, -0.2) is 0 Å². The molecule has 2 fully saturated rings. The van der Waals surface area contributed by atoms with Crippen molar-refractivity contribution in [2.24, 2.45) is 11.8 Å². The zero-order chi connectivity index (χ0) is 17.4. The molecule has 24 heavy (non-hydrogen) atoms. The van der Waals surface area contributed by atoms with E-state index in [0.717, 1.165) is 58.8 Å². The number of hydrogen-bond acceptors (Lipinski definition) is 4. The normalized spacial score (nSPS) is 23.8. The number of nitrogens with zero attached hydrogens (tertiary/aromatic N) is 2. The zero-order valence-electron chi connectivity index (χ0n) is 15.9. The van der Waals surface area contributed by atoms with Gasteiger partial charge in [0.25, 0.3) is 0 Å². The predicted molar refractivity (Wildman–Crippen MR) is 98.1 cm³/mol. The molecule has 1 N–H and O–H groups in total. The molecule has 0 spiro atoms. The highest BCUT2D eigenvalue weighted by Crippen LogP contribution is 2.26. The van der Waals surface area contributed by atoms with Gasteiger partial charge in [0.05, 0.1) is 12.7 Å².